The monoisotopic (exact) mass is 997 g/mol. The Morgan fingerprint density at radius 2 is 1.57 bits per heavy atom. The third-order valence-corrected chi connectivity index (χ3v) is 15.1. The molecule has 376 valence electrons. The summed E-state index contributed by atoms with van der Waals surface area (Å²) in [6, 6.07) is 18.5. The molecule has 0 unspecified atom stereocenters. The zero-order chi connectivity index (χ0) is 49.3. The van der Waals surface area contributed by atoms with Gasteiger partial charge in [0.1, 0.15) is 24.7 Å². The van der Waals surface area contributed by atoms with Crippen molar-refractivity contribution >= 4 is 52.5 Å². The highest BCUT2D eigenvalue weighted by Gasteiger charge is 2.44. The van der Waals surface area contributed by atoms with Gasteiger partial charge in [0.05, 0.1) is 18.1 Å². The number of benzene rings is 2. The van der Waals surface area contributed by atoms with Crippen LogP contribution in [0, 0.1) is 0 Å². The highest BCUT2D eigenvalue weighted by molar-refractivity contribution is 8.03. The molecule has 0 saturated carbocycles. The van der Waals surface area contributed by atoms with Crippen molar-refractivity contribution in [2.45, 2.75) is 140 Å². The van der Waals surface area contributed by atoms with Gasteiger partial charge in [-0.05, 0) is 93.7 Å². The second-order valence-electron chi connectivity index (χ2n) is 19.4. The fourth-order valence-electron chi connectivity index (χ4n) is 10.2. The summed E-state index contributed by atoms with van der Waals surface area (Å²) in [6.07, 6.45) is 16.0. The standard InChI is InChI=1S/C54H67N5O9S.ClH/c1-53(2)38-18-9-11-20-40(38)57(30-13-5-7-22-49(63)64)44(53)26-24-36-16-15-17-37(25-27-45-54(3,4)39-19-10-12-21-41(39)58(45)31-14-6-8-23-50(65)66)51(36)69-33-29-47(62)55-46-28-32-59(52(67)56-46)48-34-42(61)43(35-60)68-48;/h9-12,18-21,24-28,32,42-43,48,60-61H,5-8,13-17,22-23,29-31,33-35H2,1-4H3,(H2-,55,56,62,63,64,65,66,67);1H/t42-,43+,48+;/m0./s1. The Hall–Kier alpha value is -5.32. The Kier molecular flexibility index (Phi) is 18.7. The number of carboxylic acid groups (broad SMARTS) is 2. The quantitative estimate of drug-likeness (QED) is 0.0591. The van der Waals surface area contributed by atoms with Crippen molar-refractivity contribution < 1.29 is 56.5 Å². The number of nitrogens with one attached hydrogen (secondary N) is 1. The third-order valence-electron chi connectivity index (χ3n) is 13.9. The number of aliphatic hydroxyl groups excluding tert-OH is 2. The van der Waals surface area contributed by atoms with E-state index in [-0.39, 0.29) is 67.3 Å². The van der Waals surface area contributed by atoms with Gasteiger partial charge >= 0.3 is 17.6 Å². The number of carbonyl (C=O) groups excluding carboxylic acids is 1. The molecule has 0 bridgehead atoms. The highest BCUT2D eigenvalue weighted by Crippen LogP contribution is 2.48. The maximum absolute atomic E-state index is 13.5. The van der Waals surface area contributed by atoms with Gasteiger partial charge in [-0.3, -0.25) is 19.0 Å². The van der Waals surface area contributed by atoms with Gasteiger partial charge in [0.2, 0.25) is 11.6 Å². The fraction of sp³-hybridized carbons (Fsp3) is 0.481. The summed E-state index contributed by atoms with van der Waals surface area (Å²) in [5.74, 6) is -1.24. The summed E-state index contributed by atoms with van der Waals surface area (Å²) in [6.45, 7) is 10.2. The topological polar surface area (TPSA) is 195 Å². The molecule has 16 heteroatoms. The van der Waals surface area contributed by atoms with Crippen LogP contribution in [0.4, 0.5) is 17.2 Å². The zero-order valence-electron chi connectivity index (χ0n) is 40.7. The van der Waals surface area contributed by atoms with Crippen LogP contribution < -0.4 is 28.3 Å². The number of halogens is 1. The number of para-hydroxylation sites is 2. The molecule has 3 atom stereocenters. The normalized spacial score (nSPS) is 21.4. The number of unbranched alkanes of at least 4 members (excludes halogenated alkanes) is 4. The molecule has 1 amide bonds. The average molecular weight is 999 g/mol. The summed E-state index contributed by atoms with van der Waals surface area (Å²) in [7, 11) is 0. The van der Waals surface area contributed by atoms with E-state index in [4.69, 9.17) is 4.74 Å². The van der Waals surface area contributed by atoms with Crippen molar-refractivity contribution in [1.29, 1.82) is 0 Å². The number of rotatable bonds is 22. The molecule has 0 radical (unpaired) electrons. The van der Waals surface area contributed by atoms with Crippen LogP contribution in [0.3, 0.4) is 0 Å². The van der Waals surface area contributed by atoms with Gasteiger partial charge in [0.15, 0.2) is 5.71 Å². The molecule has 1 saturated heterocycles. The molecule has 14 nitrogen and oxygen atoms in total. The Balaban J connectivity index is 0.00000804. The first-order valence-electron chi connectivity index (χ1n) is 24.4. The van der Waals surface area contributed by atoms with Gasteiger partial charge in [-0.1, -0.05) is 68.8 Å². The van der Waals surface area contributed by atoms with E-state index in [9.17, 15) is 39.6 Å². The van der Waals surface area contributed by atoms with Crippen molar-refractivity contribution in [2.75, 3.05) is 35.7 Å². The summed E-state index contributed by atoms with van der Waals surface area (Å²) in [4.78, 5) is 56.5. The van der Waals surface area contributed by atoms with E-state index in [2.05, 4.69) is 120 Å². The number of carbonyl (C=O) groups is 3. The van der Waals surface area contributed by atoms with Crippen LogP contribution in [0.5, 0.6) is 0 Å². The predicted molar refractivity (Wildman–Crippen MR) is 270 cm³/mol. The van der Waals surface area contributed by atoms with Crippen LogP contribution in [-0.2, 0) is 30.0 Å². The molecule has 3 aliphatic heterocycles. The number of hydrogen-bond donors (Lipinski definition) is 5. The zero-order valence-corrected chi connectivity index (χ0v) is 42.3. The first-order chi connectivity index (χ1) is 33.1. The number of aliphatic carboxylic acids is 2. The van der Waals surface area contributed by atoms with E-state index in [0.29, 0.717) is 18.6 Å². The molecule has 5 N–H and O–H groups in total. The smallest absolute Gasteiger partial charge is 0.351 e. The summed E-state index contributed by atoms with van der Waals surface area (Å²) in [5.41, 5.74) is 8.39. The fourth-order valence-corrected chi connectivity index (χ4v) is 11.4. The second-order valence-corrected chi connectivity index (χ2v) is 20.5. The first-order valence-corrected chi connectivity index (χ1v) is 25.4. The molecule has 4 aliphatic rings. The van der Waals surface area contributed by atoms with Crippen LogP contribution >= 0.6 is 11.8 Å². The number of aromatic nitrogens is 2. The minimum Gasteiger partial charge on any atom is -1.00 e. The maximum atomic E-state index is 13.5. The number of carboxylic acids is 2. The molecule has 1 fully saturated rings. The third kappa shape index (κ3) is 12.6. The largest absolute Gasteiger partial charge is 1.00 e. The van der Waals surface area contributed by atoms with Crippen LogP contribution in [0.25, 0.3) is 0 Å². The van der Waals surface area contributed by atoms with E-state index in [1.807, 2.05) is 0 Å². The molecule has 70 heavy (non-hydrogen) atoms. The molecule has 0 spiro atoms. The molecule has 1 aliphatic carbocycles. The lowest BCUT2D eigenvalue weighted by Gasteiger charge is -2.27. The molecule has 1 aromatic heterocycles. The van der Waals surface area contributed by atoms with E-state index >= 15 is 0 Å². The van der Waals surface area contributed by atoms with Crippen LogP contribution in [0.15, 0.2) is 112 Å². The molecular weight excluding hydrogens is 930 g/mol. The Morgan fingerprint density at radius 1 is 0.871 bits per heavy atom. The Bertz CT molecular complexity index is 2620. The predicted octanol–water partition coefficient (Wildman–Crippen LogP) is 5.92. The number of aliphatic hydroxyl groups is 2. The summed E-state index contributed by atoms with van der Waals surface area (Å²) in [5, 5.41) is 40.9. The average Bonchev–Trinajstić information content (AvgIpc) is 3.87. The van der Waals surface area contributed by atoms with Crippen molar-refractivity contribution in [3.05, 3.63) is 128 Å². The van der Waals surface area contributed by atoms with Gasteiger partial charge in [-0.25, -0.2) is 4.79 Å². The number of nitrogens with zero attached hydrogens (tertiary/aromatic N) is 4. The molecule has 3 aromatic rings. The summed E-state index contributed by atoms with van der Waals surface area (Å²) >= 11 is 1.65. The number of thioether (sulfide) groups is 1. The highest BCUT2D eigenvalue weighted by atomic mass is 35.5. The van der Waals surface area contributed by atoms with E-state index in [1.54, 1.807) is 11.8 Å². The molecule has 2 aromatic carbocycles. The number of anilines is 2. The lowest BCUT2D eigenvalue weighted by Crippen LogP contribution is -3.00. The molecule has 7 rings (SSSR count). The van der Waals surface area contributed by atoms with Crippen LogP contribution in [0.1, 0.15) is 129 Å². The van der Waals surface area contributed by atoms with Crippen molar-refractivity contribution in [3.8, 4) is 0 Å². The number of amides is 1. The van der Waals surface area contributed by atoms with Gasteiger partial charge in [0.25, 0.3) is 0 Å². The van der Waals surface area contributed by atoms with Gasteiger partial charge < -0.3 is 47.8 Å². The first kappa shape index (κ1) is 54.0. The van der Waals surface area contributed by atoms with Crippen molar-refractivity contribution in [3.63, 3.8) is 0 Å². The number of hydrogen-bond acceptors (Lipinski definition) is 10. The summed E-state index contributed by atoms with van der Waals surface area (Å²) < 4.78 is 9.27. The van der Waals surface area contributed by atoms with E-state index in [1.165, 1.54) is 61.9 Å². The number of allylic oxidation sites excluding steroid dienone is 7. The number of fused-ring (bicyclic) bond motifs is 2. The van der Waals surface area contributed by atoms with Gasteiger partial charge in [0, 0.05) is 90.0 Å². The maximum Gasteiger partial charge on any atom is 0.351 e. The minimum atomic E-state index is -0.909. The Morgan fingerprint density at radius 3 is 2.27 bits per heavy atom. The second kappa shape index (κ2) is 24.2. The van der Waals surface area contributed by atoms with E-state index in [0.717, 1.165) is 62.9 Å². The molecular formula is C54H68ClN5O9S. The van der Waals surface area contributed by atoms with Gasteiger partial charge in [-0.15, -0.1) is 11.8 Å². The number of ether oxygens (including phenoxy) is 1. The lowest BCUT2D eigenvalue weighted by molar-refractivity contribution is -0.438. The van der Waals surface area contributed by atoms with Crippen LogP contribution in [0.2, 0.25) is 0 Å². The minimum absolute atomic E-state index is 0. The lowest BCUT2D eigenvalue weighted by atomic mass is 9.81. The van der Waals surface area contributed by atoms with Crippen LogP contribution in [-0.4, -0.2) is 95.8 Å². The van der Waals surface area contributed by atoms with Gasteiger partial charge in [-0.2, -0.15) is 9.56 Å². The Labute approximate surface area is 421 Å². The SMILES string of the molecule is CC1(C)C(=CC=C2CCCC(C=CC3=[N+](CCCCCC(=O)O)c4ccccc4C3(C)C)=C2SCCC(=O)Nc2ccn([C@H]3C[C@H](O)[C@@H](CO)O3)c(=O)n2)N(CCCCCC(=O)O)c2ccccc21.[Cl-]. The van der Waals surface area contributed by atoms with E-state index < -0.39 is 36.1 Å². The van der Waals surface area contributed by atoms with Crippen molar-refractivity contribution in [2.24, 2.45) is 0 Å². The van der Waals surface area contributed by atoms with Crippen molar-refractivity contribution in [1.82, 2.24) is 9.55 Å². The molecule has 4 heterocycles.